The van der Waals surface area contributed by atoms with Crippen molar-refractivity contribution >= 4 is 50.7 Å². The number of ether oxygens (including phenoxy) is 1. The molecular formula is C17H14Cl2N2O2S. The number of amides is 1. The van der Waals surface area contributed by atoms with Gasteiger partial charge < -0.3 is 15.0 Å². The van der Waals surface area contributed by atoms with Crippen LogP contribution >= 0.6 is 34.5 Å². The van der Waals surface area contributed by atoms with E-state index in [1.807, 2.05) is 18.2 Å². The molecule has 24 heavy (non-hydrogen) atoms. The summed E-state index contributed by atoms with van der Waals surface area (Å²) in [6.07, 6.45) is 1.57. The Morgan fingerprint density at radius 2 is 2.17 bits per heavy atom. The number of carbonyl (C=O) groups is 1. The predicted molar refractivity (Wildman–Crippen MR) is 97.1 cm³/mol. The molecule has 1 amide bonds. The minimum Gasteiger partial charge on any atom is -0.355 e. The first-order chi connectivity index (χ1) is 11.5. The van der Waals surface area contributed by atoms with Crippen LogP contribution in [0.2, 0.25) is 9.36 Å². The molecule has 4 rings (SSSR count). The van der Waals surface area contributed by atoms with Crippen molar-refractivity contribution < 1.29 is 9.53 Å². The second-order valence-corrected chi connectivity index (χ2v) is 7.79. The highest BCUT2D eigenvalue weighted by molar-refractivity contribution is 7.23. The zero-order valence-electron chi connectivity index (χ0n) is 12.8. The van der Waals surface area contributed by atoms with Crippen molar-refractivity contribution in [3.8, 4) is 0 Å². The Morgan fingerprint density at radius 1 is 1.38 bits per heavy atom. The second-order valence-electron chi connectivity index (χ2n) is 5.75. The molecule has 0 aliphatic heterocycles. The molecule has 0 spiro atoms. The van der Waals surface area contributed by atoms with Gasteiger partial charge in [-0.15, -0.1) is 11.3 Å². The monoisotopic (exact) mass is 380 g/mol. The Balaban J connectivity index is 1.67. The molecule has 2 N–H and O–H groups in total. The lowest BCUT2D eigenvalue weighted by Gasteiger charge is -2.30. The van der Waals surface area contributed by atoms with Crippen LogP contribution in [-0.2, 0) is 16.9 Å². The quantitative estimate of drug-likeness (QED) is 0.646. The molecule has 124 valence electrons. The standard InChI is InChI=1S/C17H14Cl2N2O2S/c1-23-17(7-6-9-4-2-3-5-10(9)17)21-16(22)11-8-12-14(20-11)13(18)15(19)24-12/h2-5,8,20H,6-7H2,1H3,(H,21,22). The van der Waals surface area contributed by atoms with E-state index < -0.39 is 5.72 Å². The summed E-state index contributed by atoms with van der Waals surface area (Å²) in [6.45, 7) is 0. The van der Waals surface area contributed by atoms with Crippen LogP contribution in [0.15, 0.2) is 30.3 Å². The summed E-state index contributed by atoms with van der Waals surface area (Å²) < 4.78 is 7.10. The SMILES string of the molecule is COC1(NC(=O)c2cc3sc(Cl)c(Cl)c3[nH]2)CCc2ccccc21. The fourth-order valence-corrected chi connectivity index (χ4v) is 4.74. The molecule has 0 saturated heterocycles. The molecule has 0 radical (unpaired) electrons. The number of aromatic amines is 1. The van der Waals surface area contributed by atoms with Crippen molar-refractivity contribution in [2.75, 3.05) is 7.11 Å². The number of halogens is 2. The average molecular weight is 381 g/mol. The number of benzene rings is 1. The number of rotatable bonds is 3. The lowest BCUT2D eigenvalue weighted by atomic mass is 10.0. The van der Waals surface area contributed by atoms with Gasteiger partial charge in [0.2, 0.25) is 0 Å². The summed E-state index contributed by atoms with van der Waals surface area (Å²) in [5.74, 6) is -0.232. The third kappa shape index (κ3) is 2.35. The van der Waals surface area contributed by atoms with Crippen LogP contribution in [0.3, 0.4) is 0 Å². The van der Waals surface area contributed by atoms with Gasteiger partial charge in [0, 0.05) is 19.1 Å². The Bertz CT molecular complexity index is 949. The highest BCUT2D eigenvalue weighted by Crippen LogP contribution is 2.40. The van der Waals surface area contributed by atoms with E-state index >= 15 is 0 Å². The van der Waals surface area contributed by atoms with Crippen molar-refractivity contribution in [3.05, 3.63) is 56.5 Å². The van der Waals surface area contributed by atoms with Crippen molar-refractivity contribution in [1.29, 1.82) is 0 Å². The Labute approximate surface area is 152 Å². The molecule has 0 saturated carbocycles. The predicted octanol–water partition coefficient (Wildman–Crippen LogP) is 4.71. The van der Waals surface area contributed by atoms with Gasteiger partial charge in [-0.25, -0.2) is 0 Å². The molecule has 4 nitrogen and oxygen atoms in total. The number of aromatic nitrogens is 1. The van der Waals surface area contributed by atoms with E-state index in [2.05, 4.69) is 16.4 Å². The highest BCUT2D eigenvalue weighted by Gasteiger charge is 2.40. The number of hydrogen-bond acceptors (Lipinski definition) is 3. The molecule has 7 heteroatoms. The average Bonchev–Trinajstić information content (AvgIpc) is 3.23. The molecule has 2 heterocycles. The molecule has 0 bridgehead atoms. The lowest BCUT2D eigenvalue weighted by molar-refractivity contribution is -0.0370. The Hall–Kier alpha value is -1.53. The third-order valence-corrected chi connectivity index (χ3v) is 6.41. The summed E-state index contributed by atoms with van der Waals surface area (Å²) in [7, 11) is 1.62. The summed E-state index contributed by atoms with van der Waals surface area (Å²) in [5, 5.41) is 3.48. The maximum absolute atomic E-state index is 12.7. The largest absolute Gasteiger partial charge is 0.355 e. The number of carbonyl (C=O) groups excluding carboxylic acids is 1. The smallest absolute Gasteiger partial charge is 0.270 e. The van der Waals surface area contributed by atoms with Gasteiger partial charge in [0.1, 0.15) is 10.0 Å². The topological polar surface area (TPSA) is 54.1 Å². The number of fused-ring (bicyclic) bond motifs is 2. The summed E-state index contributed by atoms with van der Waals surface area (Å²) >= 11 is 13.5. The van der Waals surface area contributed by atoms with Gasteiger partial charge in [-0.05, 0) is 18.1 Å². The van der Waals surface area contributed by atoms with Gasteiger partial charge >= 0.3 is 0 Å². The molecule has 1 aromatic carbocycles. The molecule has 1 unspecified atom stereocenters. The Morgan fingerprint density at radius 3 is 2.92 bits per heavy atom. The van der Waals surface area contributed by atoms with E-state index in [-0.39, 0.29) is 5.91 Å². The second kappa shape index (κ2) is 5.77. The van der Waals surface area contributed by atoms with E-state index in [1.54, 1.807) is 13.2 Å². The maximum Gasteiger partial charge on any atom is 0.270 e. The fraction of sp³-hybridized carbons (Fsp3) is 0.235. The zero-order chi connectivity index (χ0) is 16.9. The van der Waals surface area contributed by atoms with Crippen LogP contribution in [-0.4, -0.2) is 18.0 Å². The first-order valence-corrected chi connectivity index (χ1v) is 9.04. The van der Waals surface area contributed by atoms with Gasteiger partial charge in [0.05, 0.1) is 15.2 Å². The van der Waals surface area contributed by atoms with Crippen molar-refractivity contribution in [2.24, 2.45) is 0 Å². The van der Waals surface area contributed by atoms with Crippen LogP contribution in [0.5, 0.6) is 0 Å². The first-order valence-electron chi connectivity index (χ1n) is 7.46. The zero-order valence-corrected chi connectivity index (χ0v) is 15.1. The minimum atomic E-state index is -0.798. The van der Waals surface area contributed by atoms with Gasteiger partial charge in [-0.2, -0.15) is 0 Å². The van der Waals surface area contributed by atoms with E-state index in [9.17, 15) is 4.79 Å². The van der Waals surface area contributed by atoms with Crippen molar-refractivity contribution in [2.45, 2.75) is 18.6 Å². The van der Waals surface area contributed by atoms with Gasteiger partial charge in [0.25, 0.3) is 5.91 Å². The molecular weight excluding hydrogens is 367 g/mol. The number of thiophene rings is 1. The molecule has 1 aliphatic carbocycles. The first kappa shape index (κ1) is 16.0. The number of methoxy groups -OCH3 is 1. The van der Waals surface area contributed by atoms with E-state index in [1.165, 1.54) is 16.9 Å². The van der Waals surface area contributed by atoms with Crippen molar-refractivity contribution in [3.63, 3.8) is 0 Å². The number of H-pyrrole nitrogens is 1. The van der Waals surface area contributed by atoms with Crippen LogP contribution < -0.4 is 5.32 Å². The van der Waals surface area contributed by atoms with Gasteiger partial charge in [-0.3, -0.25) is 4.79 Å². The van der Waals surface area contributed by atoms with Crippen LogP contribution in [0.25, 0.3) is 10.2 Å². The molecule has 0 fully saturated rings. The van der Waals surface area contributed by atoms with Crippen LogP contribution in [0.4, 0.5) is 0 Å². The normalized spacial score (nSPS) is 19.6. The highest BCUT2D eigenvalue weighted by atomic mass is 35.5. The molecule has 3 aromatic rings. The molecule has 1 atom stereocenters. The van der Waals surface area contributed by atoms with Gasteiger partial charge in [-0.1, -0.05) is 47.5 Å². The summed E-state index contributed by atoms with van der Waals surface area (Å²) in [6, 6.07) is 9.77. The van der Waals surface area contributed by atoms with E-state index in [0.717, 1.165) is 16.7 Å². The number of hydrogen-bond donors (Lipinski definition) is 2. The van der Waals surface area contributed by atoms with Crippen LogP contribution in [0.1, 0.15) is 28.0 Å². The maximum atomic E-state index is 12.7. The van der Waals surface area contributed by atoms with Crippen molar-refractivity contribution in [1.82, 2.24) is 10.3 Å². The van der Waals surface area contributed by atoms with E-state index in [0.29, 0.717) is 27.0 Å². The fourth-order valence-electron chi connectivity index (χ4n) is 3.26. The summed E-state index contributed by atoms with van der Waals surface area (Å²) in [4.78, 5) is 15.8. The minimum absolute atomic E-state index is 0.232. The Kier molecular flexibility index (Phi) is 3.84. The molecule has 1 aliphatic rings. The molecule has 2 aromatic heterocycles. The number of aryl methyl sites for hydroxylation is 1. The van der Waals surface area contributed by atoms with E-state index in [4.69, 9.17) is 27.9 Å². The summed E-state index contributed by atoms with van der Waals surface area (Å²) in [5.41, 5.74) is 2.54. The van der Waals surface area contributed by atoms with Gasteiger partial charge in [0.15, 0.2) is 5.72 Å². The third-order valence-electron chi connectivity index (χ3n) is 4.48. The lowest BCUT2D eigenvalue weighted by Crippen LogP contribution is -2.46. The number of nitrogens with one attached hydrogen (secondary N) is 2. The van der Waals surface area contributed by atoms with Crippen LogP contribution in [0, 0.1) is 0 Å².